The number of nitrogens with zero attached hydrogens (tertiary/aromatic N) is 2. The minimum Gasteiger partial charge on any atom is -0.493 e. The van der Waals surface area contributed by atoms with Gasteiger partial charge in [-0.3, -0.25) is 0 Å². The van der Waals surface area contributed by atoms with Crippen molar-refractivity contribution in [1.29, 1.82) is 0 Å². The van der Waals surface area contributed by atoms with Crippen LogP contribution in [-0.2, 0) is 4.74 Å². The summed E-state index contributed by atoms with van der Waals surface area (Å²) in [5.74, 6) is 0.0528. The summed E-state index contributed by atoms with van der Waals surface area (Å²) in [4.78, 5) is 5.97. The molecular formula is C8H12N2O3S. The normalized spacial score (nSPS) is 22.6. The highest BCUT2D eigenvalue weighted by atomic mass is 32.1. The van der Waals surface area contributed by atoms with Gasteiger partial charge in [0.05, 0.1) is 24.7 Å². The van der Waals surface area contributed by atoms with E-state index in [0.29, 0.717) is 13.2 Å². The molecule has 5 nitrogen and oxygen atoms in total. The molecular weight excluding hydrogens is 204 g/mol. The number of morpholine rings is 1. The molecule has 0 unspecified atom stereocenters. The van der Waals surface area contributed by atoms with E-state index < -0.39 is 0 Å². The van der Waals surface area contributed by atoms with Crippen molar-refractivity contribution in [2.75, 3.05) is 31.2 Å². The number of thiazole rings is 1. The smallest absolute Gasteiger partial charge is 0.223 e. The van der Waals surface area contributed by atoms with Gasteiger partial charge in [0.15, 0.2) is 5.13 Å². The van der Waals surface area contributed by atoms with Crippen LogP contribution in [0.15, 0.2) is 5.38 Å². The van der Waals surface area contributed by atoms with Crippen LogP contribution >= 0.6 is 11.3 Å². The first-order valence-electron chi connectivity index (χ1n) is 4.41. The second-order valence-corrected chi connectivity index (χ2v) is 3.95. The molecule has 1 aliphatic heterocycles. The Morgan fingerprint density at radius 2 is 2.57 bits per heavy atom. The highest BCUT2D eigenvalue weighted by Crippen LogP contribution is 2.25. The molecule has 14 heavy (non-hydrogen) atoms. The molecule has 0 amide bonds. The van der Waals surface area contributed by atoms with Crippen molar-refractivity contribution in [2.45, 2.75) is 6.10 Å². The first kappa shape index (κ1) is 9.70. The summed E-state index contributed by atoms with van der Waals surface area (Å²) in [7, 11) is 0. The van der Waals surface area contributed by atoms with E-state index in [0.717, 1.165) is 11.7 Å². The average Bonchev–Trinajstić information content (AvgIpc) is 2.65. The molecule has 0 radical (unpaired) electrons. The van der Waals surface area contributed by atoms with Crippen molar-refractivity contribution in [3.05, 3.63) is 5.38 Å². The van der Waals surface area contributed by atoms with E-state index in [9.17, 15) is 0 Å². The average molecular weight is 216 g/mol. The molecule has 0 aromatic carbocycles. The zero-order valence-electron chi connectivity index (χ0n) is 7.59. The van der Waals surface area contributed by atoms with Crippen molar-refractivity contribution >= 4 is 16.5 Å². The lowest BCUT2D eigenvalue weighted by Gasteiger charge is -2.31. The fourth-order valence-corrected chi connectivity index (χ4v) is 2.13. The summed E-state index contributed by atoms with van der Waals surface area (Å²) in [5, 5.41) is 20.4. The van der Waals surface area contributed by atoms with Gasteiger partial charge in [-0.2, -0.15) is 4.98 Å². The van der Waals surface area contributed by atoms with Crippen LogP contribution in [0.25, 0.3) is 0 Å². The number of aromatic nitrogens is 1. The Balaban J connectivity index is 2.04. The van der Waals surface area contributed by atoms with Crippen LogP contribution in [0.3, 0.4) is 0 Å². The Morgan fingerprint density at radius 3 is 3.21 bits per heavy atom. The molecule has 1 saturated heterocycles. The number of aliphatic hydroxyl groups is 1. The van der Waals surface area contributed by atoms with Crippen LogP contribution in [0, 0.1) is 0 Å². The van der Waals surface area contributed by atoms with Gasteiger partial charge in [-0.25, -0.2) is 0 Å². The summed E-state index contributed by atoms with van der Waals surface area (Å²) in [6.07, 6.45) is -0.144. The van der Waals surface area contributed by atoms with Gasteiger partial charge < -0.3 is 19.8 Å². The van der Waals surface area contributed by atoms with Crippen molar-refractivity contribution in [2.24, 2.45) is 0 Å². The summed E-state index contributed by atoms with van der Waals surface area (Å²) in [5.41, 5.74) is 0. The minimum atomic E-state index is -0.144. The number of aromatic hydroxyl groups is 1. The van der Waals surface area contributed by atoms with E-state index in [1.54, 1.807) is 5.38 Å². The summed E-state index contributed by atoms with van der Waals surface area (Å²) in [6, 6.07) is 0. The largest absolute Gasteiger partial charge is 0.493 e. The molecule has 2 rings (SSSR count). The second-order valence-electron chi connectivity index (χ2n) is 3.11. The standard InChI is InChI=1S/C8H12N2O3S/c11-4-6-3-10(1-2-13-6)8-9-7(12)5-14-8/h5-6,11-12H,1-4H2/t6-/m1/s1. The Hall–Kier alpha value is -0.850. The van der Waals surface area contributed by atoms with E-state index >= 15 is 0 Å². The summed E-state index contributed by atoms with van der Waals surface area (Å²) < 4.78 is 5.31. The first-order valence-corrected chi connectivity index (χ1v) is 5.29. The van der Waals surface area contributed by atoms with Gasteiger partial charge in [-0.15, -0.1) is 11.3 Å². The van der Waals surface area contributed by atoms with Crippen LogP contribution in [0.2, 0.25) is 0 Å². The Labute approximate surface area is 85.6 Å². The monoisotopic (exact) mass is 216 g/mol. The molecule has 0 spiro atoms. The lowest BCUT2D eigenvalue weighted by atomic mass is 10.3. The van der Waals surface area contributed by atoms with E-state index in [4.69, 9.17) is 14.9 Å². The number of anilines is 1. The van der Waals surface area contributed by atoms with Crippen molar-refractivity contribution < 1.29 is 14.9 Å². The maximum absolute atomic E-state index is 9.10. The molecule has 1 atom stereocenters. The fourth-order valence-electron chi connectivity index (χ4n) is 1.40. The SMILES string of the molecule is OC[C@H]1CN(c2nc(O)cs2)CCO1. The maximum Gasteiger partial charge on any atom is 0.223 e. The predicted molar refractivity (Wildman–Crippen MR) is 52.8 cm³/mol. The Bertz CT molecular complexity index is 305. The molecule has 6 heteroatoms. The van der Waals surface area contributed by atoms with Crippen LogP contribution in [0.4, 0.5) is 5.13 Å². The van der Waals surface area contributed by atoms with Gasteiger partial charge in [0.25, 0.3) is 0 Å². The van der Waals surface area contributed by atoms with Gasteiger partial charge in [0, 0.05) is 13.1 Å². The van der Waals surface area contributed by atoms with Crippen molar-refractivity contribution in [3.63, 3.8) is 0 Å². The highest BCUT2D eigenvalue weighted by Gasteiger charge is 2.21. The lowest BCUT2D eigenvalue weighted by molar-refractivity contribution is 0.00354. The molecule has 1 aromatic rings. The van der Waals surface area contributed by atoms with E-state index in [-0.39, 0.29) is 18.6 Å². The van der Waals surface area contributed by atoms with Gasteiger partial charge in [0.1, 0.15) is 0 Å². The van der Waals surface area contributed by atoms with Gasteiger partial charge in [-0.05, 0) is 0 Å². The van der Waals surface area contributed by atoms with Crippen molar-refractivity contribution in [3.8, 4) is 5.88 Å². The van der Waals surface area contributed by atoms with E-state index in [1.807, 2.05) is 4.90 Å². The molecule has 2 N–H and O–H groups in total. The molecule has 0 saturated carbocycles. The zero-order valence-corrected chi connectivity index (χ0v) is 8.40. The van der Waals surface area contributed by atoms with E-state index in [2.05, 4.69) is 4.98 Å². The molecule has 1 aromatic heterocycles. The second kappa shape index (κ2) is 4.12. The summed E-state index contributed by atoms with van der Waals surface area (Å²) >= 11 is 1.40. The molecule has 2 heterocycles. The number of rotatable bonds is 2. The third kappa shape index (κ3) is 1.97. The van der Waals surface area contributed by atoms with Crippen molar-refractivity contribution in [1.82, 2.24) is 4.98 Å². The van der Waals surface area contributed by atoms with Crippen LogP contribution < -0.4 is 4.90 Å². The van der Waals surface area contributed by atoms with Crippen LogP contribution in [-0.4, -0.2) is 47.6 Å². The molecule has 1 fully saturated rings. The first-order chi connectivity index (χ1) is 6.79. The Morgan fingerprint density at radius 1 is 1.71 bits per heavy atom. The number of aliphatic hydroxyl groups excluding tert-OH is 1. The Kier molecular flexibility index (Phi) is 2.85. The summed E-state index contributed by atoms with van der Waals surface area (Å²) in [6.45, 7) is 1.99. The van der Waals surface area contributed by atoms with Gasteiger partial charge in [-0.1, -0.05) is 0 Å². The number of hydrogen-bond donors (Lipinski definition) is 2. The lowest BCUT2D eigenvalue weighted by Crippen LogP contribution is -2.44. The fraction of sp³-hybridized carbons (Fsp3) is 0.625. The third-order valence-electron chi connectivity index (χ3n) is 2.09. The maximum atomic E-state index is 9.10. The highest BCUT2D eigenvalue weighted by molar-refractivity contribution is 7.13. The molecule has 0 aliphatic carbocycles. The zero-order chi connectivity index (χ0) is 9.97. The van der Waals surface area contributed by atoms with Crippen LogP contribution in [0.1, 0.15) is 0 Å². The number of ether oxygens (including phenoxy) is 1. The molecule has 1 aliphatic rings. The quantitative estimate of drug-likeness (QED) is 0.731. The molecule has 78 valence electrons. The van der Waals surface area contributed by atoms with Crippen LogP contribution in [0.5, 0.6) is 5.88 Å². The third-order valence-corrected chi connectivity index (χ3v) is 2.98. The van der Waals surface area contributed by atoms with Gasteiger partial charge in [0.2, 0.25) is 5.88 Å². The van der Waals surface area contributed by atoms with E-state index in [1.165, 1.54) is 11.3 Å². The van der Waals surface area contributed by atoms with Gasteiger partial charge >= 0.3 is 0 Å². The number of hydrogen-bond acceptors (Lipinski definition) is 6. The topological polar surface area (TPSA) is 65.8 Å². The predicted octanol–water partition coefficient (Wildman–Crippen LogP) is 0.0462. The minimum absolute atomic E-state index is 0.0217. The molecule has 0 bridgehead atoms.